The Balaban J connectivity index is 3.15. The third kappa shape index (κ3) is 5.42. The van der Waals surface area contributed by atoms with Crippen LogP contribution in [0.5, 0.6) is 5.75 Å². The van der Waals surface area contributed by atoms with Crippen LogP contribution in [0.15, 0.2) is 23.1 Å². The number of urea groups is 1. The zero-order chi connectivity index (χ0) is 21.5. The summed E-state index contributed by atoms with van der Waals surface area (Å²) >= 11 is 0. The topological polar surface area (TPSA) is 131 Å². The van der Waals surface area contributed by atoms with Crippen molar-refractivity contribution in [1.29, 1.82) is 0 Å². The Morgan fingerprint density at radius 2 is 1.79 bits per heavy atom. The second-order valence-corrected chi connectivity index (χ2v) is 7.48. The number of carbonyl (C=O) groups is 3. The van der Waals surface area contributed by atoms with E-state index in [1.807, 2.05) is 5.32 Å². The molecule has 0 aliphatic heterocycles. The first kappa shape index (κ1) is 23.4. The summed E-state index contributed by atoms with van der Waals surface area (Å²) in [5, 5.41) is 4.18. The molecule has 0 radical (unpaired) electrons. The molecule has 1 unspecified atom stereocenters. The maximum atomic E-state index is 12.8. The van der Waals surface area contributed by atoms with Crippen LogP contribution in [0.2, 0.25) is 0 Å². The quantitative estimate of drug-likeness (QED) is 0.598. The van der Waals surface area contributed by atoms with E-state index in [1.54, 1.807) is 13.8 Å². The fourth-order valence-corrected chi connectivity index (χ4v) is 3.91. The fraction of sp³-hybridized carbons (Fsp3) is 0.471. The normalized spacial score (nSPS) is 12.2. The summed E-state index contributed by atoms with van der Waals surface area (Å²) in [6.45, 7) is 5.16. The first-order valence-electron chi connectivity index (χ1n) is 8.54. The predicted molar refractivity (Wildman–Crippen MR) is 101 cm³/mol. The molecule has 28 heavy (non-hydrogen) atoms. The maximum Gasteiger partial charge on any atom is 0.338 e. The third-order valence-electron chi connectivity index (χ3n) is 3.84. The molecule has 0 saturated carbocycles. The zero-order valence-electron chi connectivity index (χ0n) is 16.4. The summed E-state index contributed by atoms with van der Waals surface area (Å²) in [6, 6.07) is 3.05. The van der Waals surface area contributed by atoms with Crippen molar-refractivity contribution in [2.24, 2.45) is 0 Å². The largest absolute Gasteiger partial charge is 0.495 e. The molecule has 0 aliphatic rings. The highest BCUT2D eigenvalue weighted by Crippen LogP contribution is 2.28. The Labute approximate surface area is 164 Å². The lowest BCUT2D eigenvalue weighted by Crippen LogP contribution is -2.43. The molecule has 1 aromatic carbocycles. The van der Waals surface area contributed by atoms with Gasteiger partial charge in [0.05, 0.1) is 12.7 Å². The van der Waals surface area contributed by atoms with E-state index in [0.29, 0.717) is 0 Å². The van der Waals surface area contributed by atoms with Crippen LogP contribution in [0.25, 0.3) is 0 Å². The van der Waals surface area contributed by atoms with Gasteiger partial charge in [-0.25, -0.2) is 18.0 Å². The lowest BCUT2D eigenvalue weighted by Gasteiger charge is -2.20. The van der Waals surface area contributed by atoms with Crippen molar-refractivity contribution in [3.05, 3.63) is 23.8 Å². The van der Waals surface area contributed by atoms with Gasteiger partial charge in [0.15, 0.2) is 6.10 Å². The van der Waals surface area contributed by atoms with Gasteiger partial charge in [-0.3, -0.25) is 10.1 Å². The first-order chi connectivity index (χ1) is 13.1. The lowest BCUT2D eigenvalue weighted by atomic mass is 10.2. The van der Waals surface area contributed by atoms with Crippen LogP contribution in [0.3, 0.4) is 0 Å². The smallest absolute Gasteiger partial charge is 0.338 e. The Hall–Kier alpha value is -2.66. The van der Waals surface area contributed by atoms with Crippen LogP contribution in [0.4, 0.5) is 4.79 Å². The summed E-state index contributed by atoms with van der Waals surface area (Å²) in [7, 11) is -1.25. The predicted octanol–water partition coefficient (Wildman–Crippen LogP) is 0.727. The number of imide groups is 1. The molecular weight excluding hydrogens is 390 g/mol. The van der Waals surface area contributed by atoms with Gasteiger partial charge in [0.2, 0.25) is 10.0 Å². The van der Waals surface area contributed by atoms with Crippen molar-refractivity contribution < 1.29 is 32.3 Å². The third-order valence-corrected chi connectivity index (χ3v) is 5.91. The van der Waals surface area contributed by atoms with Gasteiger partial charge in [-0.15, -0.1) is 0 Å². The number of sulfonamides is 1. The van der Waals surface area contributed by atoms with Crippen LogP contribution in [0, 0.1) is 0 Å². The average molecular weight is 415 g/mol. The molecule has 3 amide bonds. The molecule has 1 aromatic rings. The second-order valence-electron chi connectivity index (χ2n) is 5.57. The molecule has 0 heterocycles. The zero-order valence-corrected chi connectivity index (χ0v) is 17.3. The van der Waals surface area contributed by atoms with Crippen molar-refractivity contribution in [1.82, 2.24) is 14.9 Å². The molecule has 11 heteroatoms. The Bertz CT molecular complexity index is 835. The van der Waals surface area contributed by atoms with Crippen molar-refractivity contribution >= 4 is 27.9 Å². The van der Waals surface area contributed by atoms with Crippen molar-refractivity contribution in [2.45, 2.75) is 31.8 Å². The van der Waals surface area contributed by atoms with Gasteiger partial charge in [0, 0.05) is 20.1 Å². The number of rotatable bonds is 8. The number of amides is 3. The lowest BCUT2D eigenvalue weighted by molar-refractivity contribution is -0.127. The molecule has 0 spiro atoms. The molecular formula is C17H25N3O7S. The summed E-state index contributed by atoms with van der Waals surface area (Å²) in [5.41, 5.74) is -0.0777. The van der Waals surface area contributed by atoms with Crippen LogP contribution in [-0.2, 0) is 19.6 Å². The minimum atomic E-state index is -3.90. The van der Waals surface area contributed by atoms with Gasteiger partial charge in [-0.2, -0.15) is 4.31 Å². The number of esters is 1. The highest BCUT2D eigenvalue weighted by molar-refractivity contribution is 7.89. The molecule has 10 nitrogen and oxygen atoms in total. The molecule has 0 saturated heterocycles. The van der Waals surface area contributed by atoms with E-state index in [1.165, 1.54) is 37.5 Å². The van der Waals surface area contributed by atoms with Gasteiger partial charge in [0.25, 0.3) is 5.91 Å². The fourth-order valence-electron chi connectivity index (χ4n) is 2.27. The number of ether oxygens (including phenoxy) is 2. The number of methoxy groups -OCH3 is 1. The molecule has 0 aromatic heterocycles. The van der Waals surface area contributed by atoms with E-state index >= 15 is 0 Å². The first-order valence-corrected chi connectivity index (χ1v) is 9.98. The van der Waals surface area contributed by atoms with Gasteiger partial charge < -0.3 is 14.8 Å². The van der Waals surface area contributed by atoms with E-state index in [0.717, 1.165) is 6.07 Å². The van der Waals surface area contributed by atoms with Crippen LogP contribution in [0.1, 0.15) is 31.1 Å². The SMILES string of the molecule is CCN(CC)S(=O)(=O)c1cc(C(=O)OC(C)C(=O)NC(=O)NC)ccc1OC. The summed E-state index contributed by atoms with van der Waals surface area (Å²) in [4.78, 5) is 35.1. The highest BCUT2D eigenvalue weighted by atomic mass is 32.2. The van der Waals surface area contributed by atoms with Crippen LogP contribution < -0.4 is 15.4 Å². The van der Waals surface area contributed by atoms with Gasteiger partial charge >= 0.3 is 12.0 Å². The number of hydrogen-bond donors (Lipinski definition) is 2. The van der Waals surface area contributed by atoms with Gasteiger partial charge in [-0.05, 0) is 25.1 Å². The molecule has 1 rings (SSSR count). The Morgan fingerprint density at radius 1 is 1.18 bits per heavy atom. The number of carbonyl (C=O) groups excluding carboxylic acids is 3. The number of nitrogens with one attached hydrogen (secondary N) is 2. The Kier molecular flexibility index (Phi) is 8.38. The van der Waals surface area contributed by atoms with E-state index in [9.17, 15) is 22.8 Å². The molecule has 2 N–H and O–H groups in total. The number of hydrogen-bond acceptors (Lipinski definition) is 7. The summed E-state index contributed by atoms with van der Waals surface area (Å²) in [5.74, 6) is -1.66. The number of benzene rings is 1. The minimum Gasteiger partial charge on any atom is -0.495 e. The molecule has 0 bridgehead atoms. The average Bonchev–Trinajstić information content (AvgIpc) is 2.67. The van der Waals surface area contributed by atoms with E-state index in [-0.39, 0.29) is 29.3 Å². The van der Waals surface area contributed by atoms with E-state index in [2.05, 4.69) is 5.32 Å². The van der Waals surface area contributed by atoms with Crippen LogP contribution >= 0.6 is 0 Å². The van der Waals surface area contributed by atoms with Crippen molar-refractivity contribution in [2.75, 3.05) is 27.2 Å². The highest BCUT2D eigenvalue weighted by Gasteiger charge is 2.28. The van der Waals surface area contributed by atoms with Crippen molar-refractivity contribution in [3.8, 4) is 5.75 Å². The standard InChI is InChI=1S/C17H25N3O7S/c1-6-20(7-2)28(24,25)14-10-12(8-9-13(14)26-5)16(22)27-11(3)15(21)19-17(23)18-4/h8-11H,6-7H2,1-5H3,(H2,18,19,21,23). The molecule has 0 fully saturated rings. The summed E-state index contributed by atoms with van der Waals surface area (Å²) < 4.78 is 37.0. The molecule has 0 aliphatic carbocycles. The van der Waals surface area contributed by atoms with Gasteiger partial charge in [0.1, 0.15) is 10.6 Å². The van der Waals surface area contributed by atoms with Crippen molar-refractivity contribution in [3.63, 3.8) is 0 Å². The monoisotopic (exact) mass is 415 g/mol. The Morgan fingerprint density at radius 3 is 2.29 bits per heavy atom. The minimum absolute atomic E-state index is 0.0776. The second kappa shape index (κ2) is 10.0. The molecule has 156 valence electrons. The van der Waals surface area contributed by atoms with E-state index < -0.39 is 34.0 Å². The number of nitrogens with zero attached hydrogens (tertiary/aromatic N) is 1. The van der Waals surface area contributed by atoms with Crippen LogP contribution in [-0.4, -0.2) is 64.0 Å². The van der Waals surface area contributed by atoms with Gasteiger partial charge in [-0.1, -0.05) is 13.8 Å². The van der Waals surface area contributed by atoms with E-state index in [4.69, 9.17) is 9.47 Å². The maximum absolute atomic E-state index is 12.8. The molecule has 1 atom stereocenters. The summed E-state index contributed by atoms with van der Waals surface area (Å²) in [6.07, 6.45) is -1.27.